The lowest BCUT2D eigenvalue weighted by molar-refractivity contribution is -0.132. The second kappa shape index (κ2) is 7.21. The summed E-state index contributed by atoms with van der Waals surface area (Å²) >= 11 is 0. The Morgan fingerprint density at radius 3 is 2.84 bits per heavy atom. The van der Waals surface area contributed by atoms with Gasteiger partial charge in [0.15, 0.2) is 0 Å². The highest BCUT2D eigenvalue weighted by Crippen LogP contribution is 2.32. The van der Waals surface area contributed by atoms with Crippen LogP contribution >= 0.6 is 0 Å². The summed E-state index contributed by atoms with van der Waals surface area (Å²) in [4.78, 5) is 23.7. The number of hydrogen-bond donors (Lipinski definition) is 1. The Morgan fingerprint density at radius 1 is 1.36 bits per heavy atom. The zero-order valence-corrected chi connectivity index (χ0v) is 15.4. The van der Waals surface area contributed by atoms with Gasteiger partial charge in [-0.05, 0) is 38.7 Å². The number of anilines is 1. The van der Waals surface area contributed by atoms with Gasteiger partial charge in [0, 0.05) is 38.8 Å². The molecule has 0 aromatic carbocycles. The van der Waals surface area contributed by atoms with Crippen LogP contribution in [0.25, 0.3) is 0 Å². The van der Waals surface area contributed by atoms with Crippen molar-refractivity contribution in [2.24, 2.45) is 7.05 Å². The number of carbonyl (C=O) groups is 1. The van der Waals surface area contributed by atoms with Crippen molar-refractivity contribution in [2.75, 3.05) is 18.9 Å². The van der Waals surface area contributed by atoms with E-state index >= 15 is 0 Å². The molecule has 1 saturated heterocycles. The van der Waals surface area contributed by atoms with Crippen molar-refractivity contribution in [3.8, 4) is 0 Å². The van der Waals surface area contributed by atoms with Crippen LogP contribution < -0.4 is 5.32 Å². The van der Waals surface area contributed by atoms with E-state index in [1.54, 1.807) is 0 Å². The Morgan fingerprint density at radius 2 is 2.16 bits per heavy atom. The second-order valence-electron chi connectivity index (χ2n) is 6.60. The van der Waals surface area contributed by atoms with Crippen LogP contribution in [0.5, 0.6) is 0 Å². The highest BCUT2D eigenvalue weighted by molar-refractivity contribution is 5.77. The summed E-state index contributed by atoms with van der Waals surface area (Å²) in [6, 6.07) is 2.01. The molecule has 1 aliphatic rings. The number of nitrogens with one attached hydrogen (secondary N) is 1. The largest absolute Gasteiger partial charge is 0.373 e. The Balaban J connectivity index is 1.71. The fourth-order valence-electron chi connectivity index (χ4n) is 3.44. The van der Waals surface area contributed by atoms with Crippen LogP contribution in [-0.2, 0) is 18.3 Å². The molecule has 0 radical (unpaired) electrons. The molecule has 0 aliphatic carbocycles. The molecule has 0 bridgehead atoms. The number of likely N-dealkylation sites (tertiary alicyclic amines) is 1. The summed E-state index contributed by atoms with van der Waals surface area (Å²) < 4.78 is 1.85. The monoisotopic (exact) mass is 342 g/mol. The molecule has 1 aliphatic heterocycles. The lowest BCUT2D eigenvalue weighted by Crippen LogP contribution is -2.31. The fourth-order valence-corrected chi connectivity index (χ4v) is 3.44. The summed E-state index contributed by atoms with van der Waals surface area (Å²) in [6.07, 6.45) is 5.06. The fraction of sp³-hybridized carbons (Fsp3) is 0.556. The van der Waals surface area contributed by atoms with Gasteiger partial charge in [-0.1, -0.05) is 0 Å². The van der Waals surface area contributed by atoms with Crippen molar-refractivity contribution < 1.29 is 4.79 Å². The Kier molecular flexibility index (Phi) is 5.01. The Hall–Kier alpha value is -2.44. The molecule has 3 rings (SSSR count). The van der Waals surface area contributed by atoms with E-state index in [1.807, 2.05) is 49.8 Å². The first-order valence-corrected chi connectivity index (χ1v) is 8.80. The summed E-state index contributed by atoms with van der Waals surface area (Å²) in [5, 5.41) is 7.32. The van der Waals surface area contributed by atoms with Crippen LogP contribution in [0.4, 0.5) is 5.82 Å². The number of carbonyl (C=O) groups excluding carboxylic acids is 1. The van der Waals surface area contributed by atoms with Gasteiger partial charge >= 0.3 is 0 Å². The van der Waals surface area contributed by atoms with E-state index in [9.17, 15) is 4.79 Å². The van der Waals surface area contributed by atoms with Gasteiger partial charge in [-0.25, -0.2) is 9.97 Å². The lowest BCUT2D eigenvalue weighted by atomic mass is 10.1. The average molecular weight is 342 g/mol. The minimum atomic E-state index is 0.0521. The van der Waals surface area contributed by atoms with Gasteiger partial charge in [-0.15, -0.1) is 0 Å². The van der Waals surface area contributed by atoms with Gasteiger partial charge in [0.25, 0.3) is 0 Å². The minimum absolute atomic E-state index is 0.0521. The predicted molar refractivity (Wildman–Crippen MR) is 96.3 cm³/mol. The first-order valence-electron chi connectivity index (χ1n) is 8.80. The zero-order chi connectivity index (χ0) is 18.0. The van der Waals surface area contributed by atoms with E-state index in [0.29, 0.717) is 6.42 Å². The van der Waals surface area contributed by atoms with Gasteiger partial charge in [0.1, 0.15) is 11.6 Å². The van der Waals surface area contributed by atoms with Crippen LogP contribution in [0.2, 0.25) is 0 Å². The Labute approximate surface area is 148 Å². The van der Waals surface area contributed by atoms with E-state index in [4.69, 9.17) is 0 Å². The Bertz CT molecular complexity index is 769. The summed E-state index contributed by atoms with van der Waals surface area (Å²) in [5.41, 5.74) is 3.19. The molecular formula is C18H26N6O. The predicted octanol–water partition coefficient (Wildman–Crippen LogP) is 2.16. The summed E-state index contributed by atoms with van der Waals surface area (Å²) in [5.74, 6) is 1.72. The van der Waals surface area contributed by atoms with E-state index in [-0.39, 0.29) is 11.9 Å². The number of nitrogens with zero attached hydrogens (tertiary/aromatic N) is 5. The lowest BCUT2D eigenvalue weighted by Gasteiger charge is -2.25. The third-order valence-corrected chi connectivity index (χ3v) is 4.97. The van der Waals surface area contributed by atoms with Crippen LogP contribution in [0.15, 0.2) is 12.3 Å². The number of hydrogen-bond acceptors (Lipinski definition) is 5. The topological polar surface area (TPSA) is 75.9 Å². The molecule has 1 atom stereocenters. The normalized spacial score (nSPS) is 17.1. The van der Waals surface area contributed by atoms with Crippen molar-refractivity contribution in [1.29, 1.82) is 0 Å². The van der Waals surface area contributed by atoms with E-state index in [2.05, 4.69) is 20.4 Å². The third-order valence-electron chi connectivity index (χ3n) is 4.97. The molecule has 1 N–H and O–H groups in total. The number of aromatic nitrogens is 4. The van der Waals surface area contributed by atoms with Crippen LogP contribution in [0, 0.1) is 13.8 Å². The van der Waals surface area contributed by atoms with Crippen molar-refractivity contribution in [2.45, 2.75) is 45.6 Å². The molecular weight excluding hydrogens is 316 g/mol. The molecule has 1 fully saturated rings. The highest BCUT2D eigenvalue weighted by atomic mass is 16.2. The molecule has 0 saturated carbocycles. The van der Waals surface area contributed by atoms with Crippen molar-refractivity contribution in [1.82, 2.24) is 24.6 Å². The molecule has 1 amide bonds. The van der Waals surface area contributed by atoms with Crippen LogP contribution in [0.3, 0.4) is 0 Å². The van der Waals surface area contributed by atoms with E-state index < -0.39 is 0 Å². The third kappa shape index (κ3) is 3.65. The van der Waals surface area contributed by atoms with Gasteiger partial charge in [0.05, 0.1) is 17.9 Å². The summed E-state index contributed by atoms with van der Waals surface area (Å²) in [6.45, 7) is 4.72. The molecule has 2 aromatic heterocycles. The van der Waals surface area contributed by atoms with E-state index in [1.165, 1.54) is 0 Å². The molecule has 0 spiro atoms. The molecule has 2 aromatic rings. The number of aryl methyl sites for hydroxylation is 3. The maximum atomic E-state index is 12.8. The highest BCUT2D eigenvalue weighted by Gasteiger charge is 2.31. The average Bonchev–Trinajstić information content (AvgIpc) is 3.20. The maximum Gasteiger partial charge on any atom is 0.223 e. The second-order valence-corrected chi connectivity index (χ2v) is 6.60. The standard InChI is InChI=1S/C18H26N6O/c1-12-14(11-20-23(12)4)7-8-18(25)24-9-5-6-16(24)15-10-17(19-3)22-13(2)21-15/h10-11,16H,5-9H2,1-4H3,(H,19,21,22). The van der Waals surface area contributed by atoms with Crippen molar-refractivity contribution in [3.05, 3.63) is 35.0 Å². The maximum absolute atomic E-state index is 12.8. The van der Waals surface area contributed by atoms with Gasteiger partial charge < -0.3 is 10.2 Å². The molecule has 25 heavy (non-hydrogen) atoms. The quantitative estimate of drug-likeness (QED) is 0.901. The van der Waals surface area contributed by atoms with Gasteiger partial charge in [0.2, 0.25) is 5.91 Å². The summed E-state index contributed by atoms with van der Waals surface area (Å²) in [7, 11) is 3.77. The first kappa shape index (κ1) is 17.4. The van der Waals surface area contributed by atoms with Crippen molar-refractivity contribution in [3.63, 3.8) is 0 Å². The SMILES string of the molecule is CNc1cc(C2CCCN2C(=O)CCc2cnn(C)c2C)nc(C)n1. The smallest absolute Gasteiger partial charge is 0.223 e. The molecule has 3 heterocycles. The van der Waals surface area contributed by atoms with Crippen LogP contribution in [-0.4, -0.2) is 44.1 Å². The van der Waals surface area contributed by atoms with Crippen LogP contribution in [0.1, 0.15) is 48.1 Å². The van der Waals surface area contributed by atoms with Gasteiger partial charge in [-0.2, -0.15) is 5.10 Å². The van der Waals surface area contributed by atoms with E-state index in [0.717, 1.165) is 54.4 Å². The van der Waals surface area contributed by atoms with Gasteiger partial charge in [-0.3, -0.25) is 9.48 Å². The number of rotatable bonds is 5. The molecule has 1 unspecified atom stereocenters. The molecule has 7 nitrogen and oxygen atoms in total. The number of amides is 1. The molecule has 134 valence electrons. The first-order chi connectivity index (χ1) is 12.0. The van der Waals surface area contributed by atoms with Crippen molar-refractivity contribution >= 4 is 11.7 Å². The zero-order valence-electron chi connectivity index (χ0n) is 15.4. The molecule has 7 heteroatoms. The minimum Gasteiger partial charge on any atom is -0.373 e.